The number of allylic oxidation sites excluding steroid dienone is 13. The topological polar surface area (TPSA) is 0 Å². The largest absolute Gasteiger partial charge is 0.0836 e. The summed E-state index contributed by atoms with van der Waals surface area (Å²) < 4.78 is 0. The fraction of sp³-hybridized carbons (Fsp3) is 0.292. The van der Waals surface area contributed by atoms with Crippen molar-refractivity contribution in [3.63, 3.8) is 0 Å². The summed E-state index contributed by atoms with van der Waals surface area (Å²) in [6, 6.07) is 11.9. The summed E-state index contributed by atoms with van der Waals surface area (Å²) in [7, 11) is 0. The van der Waals surface area contributed by atoms with Gasteiger partial charge in [0.25, 0.3) is 0 Å². The Bertz CT molecular complexity index is 2440. The Morgan fingerprint density at radius 1 is 0.667 bits per heavy atom. The zero-order valence-electron chi connectivity index (χ0n) is 28.5. The van der Waals surface area contributed by atoms with Crippen molar-refractivity contribution >= 4 is 46.7 Å². The van der Waals surface area contributed by atoms with Crippen LogP contribution in [0.25, 0.3) is 57.9 Å². The molecule has 3 aromatic carbocycles. The van der Waals surface area contributed by atoms with Crippen molar-refractivity contribution in [3.8, 4) is 11.1 Å². The third kappa shape index (κ3) is 4.14. The van der Waals surface area contributed by atoms with Gasteiger partial charge in [-0.25, -0.2) is 0 Å². The van der Waals surface area contributed by atoms with Gasteiger partial charge in [-0.2, -0.15) is 0 Å². The van der Waals surface area contributed by atoms with E-state index >= 15 is 0 Å². The van der Waals surface area contributed by atoms with Gasteiger partial charge in [-0.1, -0.05) is 130 Å². The van der Waals surface area contributed by atoms with Crippen LogP contribution in [0.5, 0.6) is 0 Å². The fourth-order valence-electron chi connectivity index (χ4n) is 10.1. The first-order chi connectivity index (χ1) is 23.5. The fourth-order valence-corrected chi connectivity index (χ4v) is 10.1. The minimum atomic E-state index is 0.153. The number of aryl methyl sites for hydroxylation is 1. The quantitative estimate of drug-likeness (QED) is 0.268. The molecule has 236 valence electrons. The lowest BCUT2D eigenvalue weighted by atomic mass is 9.56. The molecule has 10 rings (SSSR count). The molecule has 48 heavy (non-hydrogen) atoms. The standard InChI is InChI=1S/C48H44/c1-48(2,3)33-26-31-21-20-29-22-24-42(41-25-23-32(27-33)44(31)45(29)41)46-37-16-8-10-18-39(37)47(40-19-11-9-17-38(40)46)43-28-30-12-4-5-13-34(30)35-14-6-7-15-36(35)43/h5,8,10,13-28,31,41,44-45H,4,6-7,9,11-12H2,1-3H3. The van der Waals surface area contributed by atoms with Crippen LogP contribution in [0.15, 0.2) is 102 Å². The number of hydrogen-bond donors (Lipinski definition) is 0. The van der Waals surface area contributed by atoms with Gasteiger partial charge in [0.1, 0.15) is 0 Å². The van der Waals surface area contributed by atoms with Crippen LogP contribution in [0.3, 0.4) is 0 Å². The van der Waals surface area contributed by atoms with Crippen molar-refractivity contribution in [1.29, 1.82) is 0 Å². The molecule has 0 spiro atoms. The second kappa shape index (κ2) is 10.5. The van der Waals surface area contributed by atoms with Gasteiger partial charge in [0, 0.05) is 23.7 Å². The molecule has 0 N–H and O–H groups in total. The van der Waals surface area contributed by atoms with E-state index in [4.69, 9.17) is 0 Å². The van der Waals surface area contributed by atoms with E-state index in [0.717, 1.165) is 38.5 Å². The van der Waals surface area contributed by atoms with Crippen LogP contribution in [-0.2, 0) is 6.42 Å². The van der Waals surface area contributed by atoms with Crippen molar-refractivity contribution in [3.05, 3.63) is 139 Å². The summed E-state index contributed by atoms with van der Waals surface area (Å²) in [6.07, 6.45) is 41.7. The van der Waals surface area contributed by atoms with Gasteiger partial charge in [0.05, 0.1) is 0 Å². The van der Waals surface area contributed by atoms with Gasteiger partial charge in [0.15, 0.2) is 0 Å². The third-order valence-electron chi connectivity index (χ3n) is 12.3. The molecule has 0 nitrogen and oxygen atoms in total. The summed E-state index contributed by atoms with van der Waals surface area (Å²) in [4.78, 5) is 0. The molecule has 0 saturated carbocycles. The minimum Gasteiger partial charge on any atom is -0.0836 e. The van der Waals surface area contributed by atoms with Crippen molar-refractivity contribution in [2.24, 2.45) is 29.1 Å². The number of benzene rings is 3. The van der Waals surface area contributed by atoms with Gasteiger partial charge in [-0.05, 0) is 132 Å². The van der Waals surface area contributed by atoms with Crippen molar-refractivity contribution in [2.45, 2.75) is 59.3 Å². The molecule has 0 aromatic heterocycles. The normalized spacial score (nSPS) is 25.8. The van der Waals surface area contributed by atoms with E-state index in [-0.39, 0.29) is 5.41 Å². The molecular formula is C48H44. The first-order valence-electron chi connectivity index (χ1n) is 18.5. The zero-order valence-corrected chi connectivity index (χ0v) is 28.5. The molecule has 7 aliphatic carbocycles. The SMILES string of the molecule is CC(C)(C)C1=CC2C=CC3=CC=C(c4c5c(c(-c6cc7c(c8c6=CCCC=8)C=CCC7)c6ccccc46)=CCCC=5)C4C=CC(=C1)C2C34. The summed E-state index contributed by atoms with van der Waals surface area (Å²) in [5.41, 5.74) is 13.5. The number of hydrogen-bond acceptors (Lipinski definition) is 0. The van der Waals surface area contributed by atoms with Crippen LogP contribution in [0.4, 0.5) is 0 Å². The van der Waals surface area contributed by atoms with E-state index in [0.29, 0.717) is 23.7 Å². The Hall–Kier alpha value is -4.42. The molecule has 0 heteroatoms. The molecule has 0 radical (unpaired) electrons. The zero-order chi connectivity index (χ0) is 32.1. The highest BCUT2D eigenvalue weighted by molar-refractivity contribution is 6.05. The highest BCUT2D eigenvalue weighted by Gasteiger charge is 2.45. The molecule has 0 saturated heterocycles. The summed E-state index contributed by atoms with van der Waals surface area (Å²) in [6.45, 7) is 7.05. The van der Waals surface area contributed by atoms with Crippen molar-refractivity contribution in [2.75, 3.05) is 0 Å². The number of rotatable bonds is 2. The molecule has 4 unspecified atom stereocenters. The van der Waals surface area contributed by atoms with Crippen LogP contribution in [-0.4, -0.2) is 0 Å². The number of fused-ring (bicyclic) bond motifs is 5. The highest BCUT2D eigenvalue weighted by Crippen LogP contribution is 2.55. The van der Waals surface area contributed by atoms with E-state index in [1.165, 1.54) is 81.8 Å². The molecule has 0 amide bonds. The van der Waals surface area contributed by atoms with Gasteiger partial charge < -0.3 is 0 Å². The molecule has 0 heterocycles. The van der Waals surface area contributed by atoms with Crippen LogP contribution in [0, 0.1) is 29.1 Å². The molecule has 0 fully saturated rings. The average molecular weight is 621 g/mol. The maximum Gasteiger partial charge on any atom is 0.0102 e. The maximum absolute atomic E-state index is 2.58. The lowest BCUT2D eigenvalue weighted by Gasteiger charge is -2.47. The third-order valence-corrected chi connectivity index (χ3v) is 12.3. The predicted molar refractivity (Wildman–Crippen MR) is 205 cm³/mol. The van der Waals surface area contributed by atoms with Crippen LogP contribution in [0.2, 0.25) is 0 Å². The average Bonchev–Trinajstić information content (AvgIpc) is 3.12. The molecule has 0 bridgehead atoms. The lowest BCUT2D eigenvalue weighted by molar-refractivity contribution is 0.323. The maximum atomic E-state index is 2.58. The summed E-state index contributed by atoms with van der Waals surface area (Å²) in [5.74, 6) is 1.80. The van der Waals surface area contributed by atoms with Gasteiger partial charge in [0.2, 0.25) is 0 Å². The second-order valence-corrected chi connectivity index (χ2v) is 16.0. The predicted octanol–water partition coefficient (Wildman–Crippen LogP) is 9.02. The summed E-state index contributed by atoms with van der Waals surface area (Å²) >= 11 is 0. The van der Waals surface area contributed by atoms with Crippen LogP contribution < -0.4 is 20.9 Å². The Morgan fingerprint density at radius 2 is 1.38 bits per heavy atom. The van der Waals surface area contributed by atoms with E-state index in [1.54, 1.807) is 0 Å². The molecule has 7 aliphatic rings. The molecular weight excluding hydrogens is 577 g/mol. The Balaban J connectivity index is 1.23. The van der Waals surface area contributed by atoms with E-state index in [1.807, 2.05) is 0 Å². The molecule has 4 atom stereocenters. The van der Waals surface area contributed by atoms with Gasteiger partial charge in [-0.15, -0.1) is 0 Å². The van der Waals surface area contributed by atoms with E-state index in [9.17, 15) is 0 Å². The first-order valence-corrected chi connectivity index (χ1v) is 18.5. The van der Waals surface area contributed by atoms with Crippen molar-refractivity contribution in [1.82, 2.24) is 0 Å². The van der Waals surface area contributed by atoms with Gasteiger partial charge >= 0.3 is 0 Å². The Kier molecular flexibility index (Phi) is 6.27. The van der Waals surface area contributed by atoms with Crippen LogP contribution in [0.1, 0.15) is 69.6 Å². The smallest absolute Gasteiger partial charge is 0.0102 e. The Labute approximate surface area is 284 Å². The van der Waals surface area contributed by atoms with Crippen molar-refractivity contribution < 1.29 is 0 Å². The van der Waals surface area contributed by atoms with E-state index in [2.05, 4.69) is 136 Å². The van der Waals surface area contributed by atoms with Gasteiger partial charge in [-0.3, -0.25) is 0 Å². The second-order valence-electron chi connectivity index (χ2n) is 16.0. The molecule has 3 aromatic rings. The van der Waals surface area contributed by atoms with Crippen LogP contribution >= 0.6 is 0 Å². The first kappa shape index (κ1) is 28.6. The Morgan fingerprint density at radius 3 is 2.17 bits per heavy atom. The highest BCUT2D eigenvalue weighted by atomic mass is 14.5. The lowest BCUT2D eigenvalue weighted by Crippen LogP contribution is -2.40. The summed E-state index contributed by atoms with van der Waals surface area (Å²) in [5, 5.41) is 8.63. The molecule has 0 aliphatic heterocycles. The minimum absolute atomic E-state index is 0.153. The monoisotopic (exact) mass is 620 g/mol. The van der Waals surface area contributed by atoms with E-state index < -0.39 is 0 Å².